The minimum atomic E-state index is -0.356. The molecule has 2 rings (SSSR count). The van der Waals surface area contributed by atoms with Crippen molar-refractivity contribution in [1.29, 1.82) is 0 Å². The first-order chi connectivity index (χ1) is 12.1. The molecule has 6 heteroatoms. The monoisotopic (exact) mass is 346 g/mol. The van der Waals surface area contributed by atoms with Gasteiger partial charge < -0.3 is 20.7 Å². The van der Waals surface area contributed by atoms with Gasteiger partial charge in [-0.15, -0.1) is 0 Å². The standard InChI is InChI=1S/C19H30N4O2/c1-4-20-18(22-14(3)15-9-7-6-8-10-15)21-13-17(16-11-12-16)23-19(24)25-5-2/h6-10,14,16-17H,4-5,11-13H2,1-3H3,(H,23,24)(H2,20,21,22). The number of carbonyl (C=O) groups is 1. The molecule has 0 bridgehead atoms. The van der Waals surface area contributed by atoms with Crippen LogP contribution < -0.4 is 16.0 Å². The molecule has 1 saturated carbocycles. The van der Waals surface area contributed by atoms with Gasteiger partial charge in [-0.3, -0.25) is 4.99 Å². The van der Waals surface area contributed by atoms with Crippen LogP contribution >= 0.6 is 0 Å². The lowest BCUT2D eigenvalue weighted by Gasteiger charge is -2.20. The largest absolute Gasteiger partial charge is 0.450 e. The number of hydrogen-bond donors (Lipinski definition) is 3. The molecule has 0 spiro atoms. The molecule has 0 heterocycles. The van der Waals surface area contributed by atoms with Crippen molar-refractivity contribution in [3.8, 4) is 0 Å². The van der Waals surface area contributed by atoms with E-state index in [1.165, 1.54) is 5.56 Å². The summed E-state index contributed by atoms with van der Waals surface area (Å²) >= 11 is 0. The van der Waals surface area contributed by atoms with E-state index in [-0.39, 0.29) is 18.2 Å². The summed E-state index contributed by atoms with van der Waals surface area (Å²) in [6, 6.07) is 10.4. The lowest BCUT2D eigenvalue weighted by molar-refractivity contribution is 0.147. The van der Waals surface area contributed by atoms with Crippen molar-refractivity contribution in [1.82, 2.24) is 16.0 Å². The van der Waals surface area contributed by atoms with Crippen LogP contribution in [0.2, 0.25) is 0 Å². The molecule has 0 aromatic heterocycles. The Balaban J connectivity index is 1.95. The predicted octanol–water partition coefficient (Wildman–Crippen LogP) is 2.83. The van der Waals surface area contributed by atoms with Crippen LogP contribution in [-0.2, 0) is 4.74 Å². The van der Waals surface area contributed by atoms with Crippen molar-refractivity contribution in [2.24, 2.45) is 10.9 Å². The van der Waals surface area contributed by atoms with Gasteiger partial charge in [0.25, 0.3) is 0 Å². The van der Waals surface area contributed by atoms with Gasteiger partial charge in [0.15, 0.2) is 5.96 Å². The molecule has 1 aliphatic rings. The summed E-state index contributed by atoms with van der Waals surface area (Å²) in [5, 5.41) is 9.63. The van der Waals surface area contributed by atoms with E-state index in [1.807, 2.05) is 32.0 Å². The Morgan fingerprint density at radius 2 is 1.96 bits per heavy atom. The fraction of sp³-hybridized carbons (Fsp3) is 0.579. The van der Waals surface area contributed by atoms with E-state index in [0.29, 0.717) is 19.1 Å². The zero-order valence-electron chi connectivity index (χ0n) is 15.4. The molecule has 138 valence electrons. The maximum absolute atomic E-state index is 11.7. The van der Waals surface area contributed by atoms with Gasteiger partial charge in [-0.05, 0) is 45.1 Å². The summed E-state index contributed by atoms with van der Waals surface area (Å²) in [4.78, 5) is 16.4. The third-order valence-electron chi connectivity index (χ3n) is 4.21. The quantitative estimate of drug-likeness (QED) is 0.500. The molecular formula is C19H30N4O2. The minimum absolute atomic E-state index is 0.0292. The van der Waals surface area contributed by atoms with Crippen molar-refractivity contribution >= 4 is 12.1 Å². The van der Waals surface area contributed by atoms with E-state index in [2.05, 4.69) is 40.0 Å². The summed E-state index contributed by atoms with van der Waals surface area (Å²) in [5.74, 6) is 1.26. The van der Waals surface area contributed by atoms with Crippen LogP contribution in [0, 0.1) is 5.92 Å². The number of aliphatic imine (C=N–C) groups is 1. The zero-order chi connectivity index (χ0) is 18.1. The number of amides is 1. The molecule has 25 heavy (non-hydrogen) atoms. The SMILES string of the molecule is CCNC(=NCC(NC(=O)OCC)C1CC1)NC(C)c1ccccc1. The molecule has 1 amide bonds. The highest BCUT2D eigenvalue weighted by Crippen LogP contribution is 2.32. The molecule has 2 unspecified atom stereocenters. The van der Waals surface area contributed by atoms with Gasteiger partial charge in [0.05, 0.1) is 25.2 Å². The molecule has 0 radical (unpaired) electrons. The minimum Gasteiger partial charge on any atom is -0.450 e. The Labute approximate surface area is 150 Å². The normalized spacial score (nSPS) is 16.7. The average Bonchev–Trinajstić information content (AvgIpc) is 3.44. The van der Waals surface area contributed by atoms with E-state index in [4.69, 9.17) is 4.74 Å². The number of hydrogen-bond acceptors (Lipinski definition) is 3. The molecule has 0 saturated heterocycles. The third kappa shape index (κ3) is 6.64. The molecule has 3 N–H and O–H groups in total. The second kappa shape index (κ2) is 9.91. The van der Waals surface area contributed by atoms with Gasteiger partial charge in [0, 0.05) is 6.54 Å². The van der Waals surface area contributed by atoms with Crippen LogP contribution in [0.3, 0.4) is 0 Å². The third-order valence-corrected chi connectivity index (χ3v) is 4.21. The number of nitrogens with zero attached hydrogens (tertiary/aromatic N) is 1. The molecule has 1 aromatic rings. The van der Waals surface area contributed by atoms with E-state index < -0.39 is 0 Å². The number of alkyl carbamates (subject to hydrolysis) is 1. The lowest BCUT2D eigenvalue weighted by atomic mass is 10.1. The van der Waals surface area contributed by atoms with Crippen molar-refractivity contribution in [3.05, 3.63) is 35.9 Å². The number of benzene rings is 1. The number of ether oxygens (including phenoxy) is 1. The number of carbonyl (C=O) groups excluding carboxylic acids is 1. The first-order valence-corrected chi connectivity index (χ1v) is 9.17. The predicted molar refractivity (Wildman–Crippen MR) is 101 cm³/mol. The maximum atomic E-state index is 11.7. The topological polar surface area (TPSA) is 74.8 Å². The molecule has 6 nitrogen and oxygen atoms in total. The van der Waals surface area contributed by atoms with Gasteiger partial charge in [0.1, 0.15) is 0 Å². The maximum Gasteiger partial charge on any atom is 0.407 e. The summed E-state index contributed by atoms with van der Waals surface area (Å²) in [6.07, 6.45) is 1.92. The van der Waals surface area contributed by atoms with E-state index in [9.17, 15) is 4.79 Å². The summed E-state index contributed by atoms with van der Waals surface area (Å²) in [7, 11) is 0. The molecule has 0 aliphatic heterocycles. The molecule has 2 atom stereocenters. The Hall–Kier alpha value is -2.24. The van der Waals surface area contributed by atoms with Crippen molar-refractivity contribution in [2.75, 3.05) is 19.7 Å². The first-order valence-electron chi connectivity index (χ1n) is 9.17. The Morgan fingerprint density at radius 1 is 1.24 bits per heavy atom. The van der Waals surface area contributed by atoms with Gasteiger partial charge in [-0.25, -0.2) is 4.79 Å². The summed E-state index contributed by atoms with van der Waals surface area (Å²) in [6.45, 7) is 7.66. The summed E-state index contributed by atoms with van der Waals surface area (Å²) in [5.41, 5.74) is 1.21. The van der Waals surface area contributed by atoms with Crippen molar-refractivity contribution in [3.63, 3.8) is 0 Å². The average molecular weight is 346 g/mol. The molecular weight excluding hydrogens is 316 g/mol. The smallest absolute Gasteiger partial charge is 0.407 e. The van der Waals surface area contributed by atoms with Gasteiger partial charge in [-0.1, -0.05) is 30.3 Å². The van der Waals surface area contributed by atoms with Crippen LogP contribution in [0.25, 0.3) is 0 Å². The van der Waals surface area contributed by atoms with E-state index >= 15 is 0 Å². The van der Waals surface area contributed by atoms with Crippen molar-refractivity contribution < 1.29 is 9.53 Å². The molecule has 1 fully saturated rings. The zero-order valence-corrected chi connectivity index (χ0v) is 15.4. The van der Waals surface area contributed by atoms with Crippen LogP contribution in [0.4, 0.5) is 4.79 Å². The van der Waals surface area contributed by atoms with Gasteiger partial charge >= 0.3 is 6.09 Å². The van der Waals surface area contributed by atoms with Crippen molar-refractivity contribution in [2.45, 2.75) is 45.7 Å². The fourth-order valence-electron chi connectivity index (χ4n) is 2.68. The highest BCUT2D eigenvalue weighted by Gasteiger charge is 2.32. The molecule has 1 aromatic carbocycles. The number of rotatable bonds is 8. The van der Waals surface area contributed by atoms with Crippen LogP contribution in [0.1, 0.15) is 45.2 Å². The number of nitrogens with one attached hydrogen (secondary N) is 3. The fourth-order valence-corrected chi connectivity index (χ4v) is 2.68. The highest BCUT2D eigenvalue weighted by molar-refractivity contribution is 5.80. The first kappa shape index (κ1) is 19.1. The Bertz CT molecular complexity index is 558. The van der Waals surface area contributed by atoms with E-state index in [1.54, 1.807) is 0 Å². The molecule has 1 aliphatic carbocycles. The van der Waals surface area contributed by atoms with Gasteiger partial charge in [-0.2, -0.15) is 0 Å². The van der Waals surface area contributed by atoms with Crippen LogP contribution in [0.5, 0.6) is 0 Å². The van der Waals surface area contributed by atoms with Crippen LogP contribution in [-0.4, -0.2) is 37.8 Å². The number of guanidine groups is 1. The summed E-state index contributed by atoms with van der Waals surface area (Å²) < 4.78 is 5.00. The lowest BCUT2D eigenvalue weighted by Crippen LogP contribution is -2.42. The Morgan fingerprint density at radius 3 is 2.56 bits per heavy atom. The highest BCUT2D eigenvalue weighted by atomic mass is 16.5. The van der Waals surface area contributed by atoms with Crippen LogP contribution in [0.15, 0.2) is 35.3 Å². The van der Waals surface area contributed by atoms with Gasteiger partial charge in [0.2, 0.25) is 0 Å². The van der Waals surface area contributed by atoms with E-state index in [0.717, 1.165) is 25.3 Å². The Kier molecular flexibility index (Phi) is 7.57. The second-order valence-electron chi connectivity index (χ2n) is 6.31. The second-order valence-corrected chi connectivity index (χ2v) is 6.31.